The molecular weight excluding hydrogens is 228 g/mol. The van der Waals surface area contributed by atoms with E-state index in [-0.39, 0.29) is 23.9 Å². The molecule has 4 nitrogen and oxygen atoms in total. The lowest BCUT2D eigenvalue weighted by molar-refractivity contribution is -0.126. The molecule has 2 atom stereocenters. The van der Waals surface area contributed by atoms with Crippen LogP contribution in [0, 0.1) is 5.92 Å². The number of nitrogens with one attached hydrogen (secondary N) is 1. The fraction of sp³-hybridized carbons (Fsp3) is 0.286. The minimum atomic E-state index is -0.767. The van der Waals surface area contributed by atoms with Crippen molar-refractivity contribution in [1.29, 1.82) is 0 Å². The molecule has 2 unspecified atom stereocenters. The largest absolute Gasteiger partial charge is 0.344 e. The van der Waals surface area contributed by atoms with Gasteiger partial charge in [-0.15, -0.1) is 0 Å². The Morgan fingerprint density at radius 3 is 2.61 bits per heavy atom. The van der Waals surface area contributed by atoms with Gasteiger partial charge < -0.3 is 6.15 Å². The summed E-state index contributed by atoms with van der Waals surface area (Å²) in [6, 6.07) is 9.55. The van der Waals surface area contributed by atoms with E-state index in [4.69, 9.17) is 0 Å². The van der Waals surface area contributed by atoms with Gasteiger partial charge in [0.25, 0.3) is 0 Å². The van der Waals surface area contributed by atoms with Gasteiger partial charge in [0.15, 0.2) is 0 Å². The molecule has 3 rings (SSSR count). The van der Waals surface area contributed by atoms with Crippen molar-refractivity contribution in [3.05, 3.63) is 48.0 Å². The highest BCUT2D eigenvalue weighted by atomic mass is 16.2. The van der Waals surface area contributed by atoms with E-state index in [9.17, 15) is 9.59 Å². The van der Waals surface area contributed by atoms with E-state index < -0.39 is 5.41 Å². The summed E-state index contributed by atoms with van der Waals surface area (Å²) in [7, 11) is 0. The zero-order valence-electron chi connectivity index (χ0n) is 10.1. The molecule has 1 aliphatic carbocycles. The number of fused-ring (bicyclic) bond motifs is 1. The van der Waals surface area contributed by atoms with Gasteiger partial charge in [-0.2, -0.15) is 0 Å². The highest BCUT2D eigenvalue weighted by Gasteiger charge is 2.55. The minimum absolute atomic E-state index is 0. The predicted octanol–water partition coefficient (Wildman–Crippen LogP) is 1.71. The van der Waals surface area contributed by atoms with Crippen molar-refractivity contribution < 1.29 is 9.59 Å². The van der Waals surface area contributed by atoms with Gasteiger partial charge in [-0.25, -0.2) is 0 Å². The highest BCUT2D eigenvalue weighted by Crippen LogP contribution is 2.43. The van der Waals surface area contributed by atoms with Crippen molar-refractivity contribution in [2.45, 2.75) is 18.3 Å². The normalized spacial score (nSPS) is 29.4. The van der Waals surface area contributed by atoms with Crippen molar-refractivity contribution in [1.82, 2.24) is 11.5 Å². The van der Waals surface area contributed by atoms with Gasteiger partial charge in [0, 0.05) is 0 Å². The maximum absolute atomic E-state index is 12.2. The molecule has 1 saturated heterocycles. The monoisotopic (exact) mass is 244 g/mol. The molecule has 2 amide bonds. The zero-order chi connectivity index (χ0) is 11.9. The first kappa shape index (κ1) is 12.5. The second-order valence-electron chi connectivity index (χ2n) is 4.59. The van der Waals surface area contributed by atoms with Crippen LogP contribution in [0.1, 0.15) is 18.4 Å². The molecule has 0 spiro atoms. The molecule has 4 heteroatoms. The lowest BCUT2D eigenvalue weighted by Gasteiger charge is -2.31. The maximum Gasteiger partial charge on any atom is 0.241 e. The van der Waals surface area contributed by atoms with Gasteiger partial charge in [-0.3, -0.25) is 14.9 Å². The number of amides is 2. The summed E-state index contributed by atoms with van der Waals surface area (Å²) in [5.74, 6) is -0.569. The number of imide groups is 1. The second-order valence-corrected chi connectivity index (χ2v) is 4.59. The molecule has 94 valence electrons. The Balaban J connectivity index is 0.00000120. The first-order valence-electron chi connectivity index (χ1n) is 5.83. The van der Waals surface area contributed by atoms with Crippen LogP contribution < -0.4 is 11.5 Å². The quantitative estimate of drug-likeness (QED) is 0.583. The molecule has 2 aliphatic rings. The zero-order valence-corrected chi connectivity index (χ0v) is 10.1. The summed E-state index contributed by atoms with van der Waals surface area (Å²) in [6.45, 7) is 0. The lowest BCUT2D eigenvalue weighted by atomic mass is 9.67. The molecular formula is C14H16N2O2. The van der Waals surface area contributed by atoms with Crippen LogP contribution in [-0.2, 0) is 15.0 Å². The Bertz CT molecular complexity index is 510. The number of benzene rings is 1. The molecule has 1 aromatic carbocycles. The summed E-state index contributed by atoms with van der Waals surface area (Å²) in [6.07, 6.45) is 5.50. The van der Waals surface area contributed by atoms with Crippen LogP contribution in [0.15, 0.2) is 42.5 Å². The van der Waals surface area contributed by atoms with E-state index in [0.29, 0.717) is 0 Å². The van der Waals surface area contributed by atoms with Crippen molar-refractivity contribution in [3.8, 4) is 0 Å². The van der Waals surface area contributed by atoms with Crippen molar-refractivity contribution >= 4 is 11.8 Å². The smallest absolute Gasteiger partial charge is 0.241 e. The van der Waals surface area contributed by atoms with E-state index in [1.54, 1.807) is 0 Å². The molecule has 1 aromatic rings. The Hall–Kier alpha value is -1.94. The Labute approximate surface area is 106 Å². The van der Waals surface area contributed by atoms with Crippen LogP contribution in [0.5, 0.6) is 0 Å². The number of hydrogen-bond donors (Lipinski definition) is 2. The fourth-order valence-electron chi connectivity index (χ4n) is 2.89. The third kappa shape index (κ3) is 1.49. The lowest BCUT2D eigenvalue weighted by Crippen LogP contribution is -2.39. The molecule has 0 bridgehead atoms. The molecule has 0 radical (unpaired) electrons. The second kappa shape index (κ2) is 4.38. The van der Waals surface area contributed by atoms with Crippen LogP contribution in [0.25, 0.3) is 0 Å². The third-order valence-electron chi connectivity index (χ3n) is 3.73. The third-order valence-corrected chi connectivity index (χ3v) is 3.73. The van der Waals surface area contributed by atoms with Gasteiger partial charge in [0.1, 0.15) is 5.41 Å². The first-order chi connectivity index (χ1) is 8.25. The van der Waals surface area contributed by atoms with Crippen LogP contribution in [0.3, 0.4) is 0 Å². The van der Waals surface area contributed by atoms with E-state index in [2.05, 4.69) is 5.32 Å². The van der Waals surface area contributed by atoms with E-state index in [1.165, 1.54) is 0 Å². The summed E-state index contributed by atoms with van der Waals surface area (Å²) >= 11 is 0. The van der Waals surface area contributed by atoms with Crippen LogP contribution in [0.4, 0.5) is 0 Å². The molecule has 1 heterocycles. The summed E-state index contributed by atoms with van der Waals surface area (Å²) in [5, 5.41) is 2.47. The fourth-order valence-corrected chi connectivity index (χ4v) is 2.89. The number of hydrogen-bond acceptors (Lipinski definition) is 3. The number of carbonyl (C=O) groups excluding carboxylic acids is 2. The van der Waals surface area contributed by atoms with Gasteiger partial charge in [-0.1, -0.05) is 42.5 Å². The number of allylic oxidation sites excluding steroid dienone is 1. The van der Waals surface area contributed by atoms with Crippen LogP contribution >= 0.6 is 0 Å². The molecule has 18 heavy (non-hydrogen) atoms. The molecule has 1 aliphatic heterocycles. The van der Waals surface area contributed by atoms with E-state index >= 15 is 0 Å². The van der Waals surface area contributed by atoms with Gasteiger partial charge in [-0.05, 0) is 18.4 Å². The topological polar surface area (TPSA) is 81.2 Å². The van der Waals surface area contributed by atoms with Crippen molar-refractivity contribution in [3.63, 3.8) is 0 Å². The van der Waals surface area contributed by atoms with Crippen LogP contribution in [-0.4, -0.2) is 11.8 Å². The van der Waals surface area contributed by atoms with Crippen molar-refractivity contribution in [2.24, 2.45) is 5.92 Å². The standard InChI is InChI=1S/C14H13NO2.H3N/c16-12-11-8-4-5-9-14(11,13(17)15-12)10-6-2-1-3-7-10;/h1-3,5-7,9,11H,4,8H2,(H,15,16,17);1H3. The molecule has 1 fully saturated rings. The molecule has 0 saturated carbocycles. The molecule has 4 N–H and O–H groups in total. The van der Waals surface area contributed by atoms with Gasteiger partial charge in [0.05, 0.1) is 5.92 Å². The summed E-state index contributed by atoms with van der Waals surface area (Å²) < 4.78 is 0. The number of rotatable bonds is 1. The molecule has 0 aromatic heterocycles. The average molecular weight is 244 g/mol. The Morgan fingerprint density at radius 2 is 1.89 bits per heavy atom. The highest BCUT2D eigenvalue weighted by molar-refractivity contribution is 6.12. The van der Waals surface area contributed by atoms with Gasteiger partial charge >= 0.3 is 0 Å². The van der Waals surface area contributed by atoms with E-state index in [0.717, 1.165) is 18.4 Å². The minimum Gasteiger partial charge on any atom is -0.344 e. The Morgan fingerprint density at radius 1 is 1.17 bits per heavy atom. The van der Waals surface area contributed by atoms with E-state index in [1.807, 2.05) is 42.5 Å². The first-order valence-corrected chi connectivity index (χ1v) is 5.83. The average Bonchev–Trinajstić information content (AvgIpc) is 2.64. The summed E-state index contributed by atoms with van der Waals surface area (Å²) in [4.78, 5) is 24.0. The summed E-state index contributed by atoms with van der Waals surface area (Å²) in [5.41, 5.74) is 0.139. The van der Waals surface area contributed by atoms with Gasteiger partial charge in [0.2, 0.25) is 11.8 Å². The van der Waals surface area contributed by atoms with Crippen molar-refractivity contribution in [2.75, 3.05) is 0 Å². The number of carbonyl (C=O) groups is 2. The Kier molecular flexibility index (Phi) is 3.05. The maximum atomic E-state index is 12.2. The van der Waals surface area contributed by atoms with Crippen LogP contribution in [0.2, 0.25) is 0 Å². The predicted molar refractivity (Wildman–Crippen MR) is 68.2 cm³/mol. The SMILES string of the molecule is N.O=C1NC(=O)C2(c3ccccc3)C=CCCC12.